The molecule has 1 heterocycles. The van der Waals surface area contributed by atoms with Crippen molar-refractivity contribution in [3.05, 3.63) is 53.9 Å². The molecule has 104 valence electrons. The highest BCUT2D eigenvalue weighted by atomic mass is 19.4. The Morgan fingerprint density at radius 2 is 2.00 bits per heavy atom. The van der Waals surface area contributed by atoms with Crippen LogP contribution >= 0.6 is 0 Å². The highest BCUT2D eigenvalue weighted by Crippen LogP contribution is 2.27. The van der Waals surface area contributed by atoms with Crippen molar-refractivity contribution in [3.8, 4) is 5.75 Å². The predicted octanol–water partition coefficient (Wildman–Crippen LogP) is 3.86. The average molecular weight is 280 g/mol. The maximum atomic E-state index is 12.3. The van der Waals surface area contributed by atoms with Crippen LogP contribution in [-0.4, -0.2) is 18.3 Å². The Morgan fingerprint density at radius 3 is 2.60 bits per heavy atom. The zero-order valence-corrected chi connectivity index (χ0v) is 10.6. The van der Waals surface area contributed by atoms with Crippen LogP contribution in [0.25, 0.3) is 0 Å². The van der Waals surface area contributed by atoms with Crippen LogP contribution in [-0.2, 0) is 6.18 Å². The molecule has 0 aliphatic rings. The fourth-order valence-electron chi connectivity index (χ4n) is 1.49. The normalized spacial score (nSPS) is 11.8. The van der Waals surface area contributed by atoms with E-state index in [9.17, 15) is 13.2 Å². The number of rotatable bonds is 3. The number of alkyl halides is 3. The van der Waals surface area contributed by atoms with Gasteiger partial charge in [0.25, 0.3) is 0 Å². The summed E-state index contributed by atoms with van der Waals surface area (Å²) in [6.07, 6.45) is -1.85. The summed E-state index contributed by atoms with van der Waals surface area (Å²) in [5, 5.41) is 0. The quantitative estimate of drug-likeness (QED) is 0.800. The number of benzene rings is 1. The maximum absolute atomic E-state index is 12.3. The molecular formula is C14H11F3N2O. The van der Waals surface area contributed by atoms with Crippen molar-refractivity contribution < 1.29 is 17.9 Å². The average Bonchev–Trinajstić information content (AvgIpc) is 2.45. The largest absolute Gasteiger partial charge is 0.497 e. The van der Waals surface area contributed by atoms with Gasteiger partial charge in [-0.2, -0.15) is 13.2 Å². The van der Waals surface area contributed by atoms with Gasteiger partial charge in [-0.25, -0.2) is 0 Å². The smallest absolute Gasteiger partial charge is 0.433 e. The van der Waals surface area contributed by atoms with Gasteiger partial charge < -0.3 is 4.74 Å². The summed E-state index contributed by atoms with van der Waals surface area (Å²) in [4.78, 5) is 7.51. The van der Waals surface area contributed by atoms with Crippen molar-refractivity contribution >= 4 is 11.9 Å². The first kappa shape index (κ1) is 14.0. The van der Waals surface area contributed by atoms with Gasteiger partial charge in [0.05, 0.1) is 12.8 Å². The molecule has 0 saturated heterocycles. The van der Waals surface area contributed by atoms with Crippen molar-refractivity contribution in [2.24, 2.45) is 4.99 Å². The lowest BCUT2D eigenvalue weighted by Gasteiger charge is -2.04. The van der Waals surface area contributed by atoms with Crippen molar-refractivity contribution in [1.82, 2.24) is 4.98 Å². The Bertz CT molecular complexity index is 607. The third-order valence-electron chi connectivity index (χ3n) is 2.49. The molecule has 0 amide bonds. The zero-order chi connectivity index (χ0) is 14.6. The van der Waals surface area contributed by atoms with E-state index in [1.54, 1.807) is 31.4 Å². The Kier molecular flexibility index (Phi) is 4.02. The predicted molar refractivity (Wildman–Crippen MR) is 69.5 cm³/mol. The second-order valence-corrected chi connectivity index (χ2v) is 3.93. The van der Waals surface area contributed by atoms with Crippen molar-refractivity contribution in [2.75, 3.05) is 7.11 Å². The van der Waals surface area contributed by atoms with Gasteiger partial charge in [0.15, 0.2) is 0 Å². The van der Waals surface area contributed by atoms with Crippen LogP contribution in [0.1, 0.15) is 11.3 Å². The molecule has 0 unspecified atom stereocenters. The van der Waals surface area contributed by atoms with E-state index in [0.29, 0.717) is 17.0 Å². The summed E-state index contributed by atoms with van der Waals surface area (Å²) >= 11 is 0. The summed E-state index contributed by atoms with van der Waals surface area (Å²) in [5.74, 6) is 0.658. The number of ether oxygens (including phenoxy) is 1. The van der Waals surface area contributed by atoms with Crippen LogP contribution in [0.2, 0.25) is 0 Å². The van der Waals surface area contributed by atoms with E-state index in [2.05, 4.69) is 9.98 Å². The standard InChI is InChI=1S/C14H11F3N2O/c1-20-12-4-2-3-11(7-12)18-8-10-5-6-13(19-9-10)14(15,16)17/h2-9H,1H3/b18-8+. The first-order valence-corrected chi connectivity index (χ1v) is 5.70. The topological polar surface area (TPSA) is 34.5 Å². The molecule has 0 saturated carbocycles. The molecule has 0 radical (unpaired) electrons. The molecular weight excluding hydrogens is 269 g/mol. The number of methoxy groups -OCH3 is 1. The molecule has 20 heavy (non-hydrogen) atoms. The van der Waals surface area contributed by atoms with E-state index in [-0.39, 0.29) is 0 Å². The van der Waals surface area contributed by atoms with Gasteiger partial charge in [-0.15, -0.1) is 0 Å². The van der Waals surface area contributed by atoms with E-state index in [0.717, 1.165) is 12.3 Å². The summed E-state index contributed by atoms with van der Waals surface area (Å²) in [6, 6.07) is 9.27. The van der Waals surface area contributed by atoms with Crippen molar-refractivity contribution in [1.29, 1.82) is 0 Å². The minimum Gasteiger partial charge on any atom is -0.497 e. The zero-order valence-electron chi connectivity index (χ0n) is 10.6. The SMILES string of the molecule is COc1cccc(/N=C/c2ccc(C(F)(F)F)nc2)c1. The second kappa shape index (κ2) is 5.73. The van der Waals surface area contributed by atoms with Crippen molar-refractivity contribution in [3.63, 3.8) is 0 Å². The summed E-state index contributed by atoms with van der Waals surface area (Å²) in [6.45, 7) is 0. The van der Waals surface area contributed by atoms with Crippen molar-refractivity contribution in [2.45, 2.75) is 6.18 Å². The molecule has 2 rings (SSSR count). The second-order valence-electron chi connectivity index (χ2n) is 3.93. The summed E-state index contributed by atoms with van der Waals surface area (Å²) in [5.41, 5.74) is 0.209. The molecule has 0 atom stereocenters. The van der Waals surface area contributed by atoms with E-state index >= 15 is 0 Å². The lowest BCUT2D eigenvalue weighted by atomic mass is 10.2. The Balaban J connectivity index is 2.15. The van der Waals surface area contributed by atoms with Gasteiger partial charge in [0.2, 0.25) is 0 Å². The molecule has 0 aliphatic carbocycles. The lowest BCUT2D eigenvalue weighted by molar-refractivity contribution is -0.141. The van der Waals surface area contributed by atoms with E-state index in [1.165, 1.54) is 12.3 Å². The fourth-order valence-corrected chi connectivity index (χ4v) is 1.49. The van der Waals surface area contributed by atoms with Gasteiger partial charge in [0.1, 0.15) is 11.4 Å². The van der Waals surface area contributed by atoms with Gasteiger partial charge >= 0.3 is 6.18 Å². The molecule has 0 aliphatic heterocycles. The van der Waals surface area contributed by atoms with E-state index < -0.39 is 11.9 Å². The number of aromatic nitrogens is 1. The van der Waals surface area contributed by atoms with Crippen LogP contribution in [0.3, 0.4) is 0 Å². The van der Waals surface area contributed by atoms with Crippen LogP contribution in [0.4, 0.5) is 18.9 Å². The fraction of sp³-hybridized carbons (Fsp3) is 0.143. The minimum atomic E-state index is -4.43. The minimum absolute atomic E-state index is 0.487. The molecule has 2 aromatic rings. The highest BCUT2D eigenvalue weighted by Gasteiger charge is 2.31. The molecule has 3 nitrogen and oxygen atoms in total. The molecule has 1 aromatic carbocycles. The number of hydrogen-bond acceptors (Lipinski definition) is 3. The molecule has 0 bridgehead atoms. The lowest BCUT2D eigenvalue weighted by Crippen LogP contribution is -2.07. The van der Waals surface area contributed by atoms with Crippen LogP contribution < -0.4 is 4.74 Å². The van der Waals surface area contributed by atoms with Gasteiger partial charge in [-0.05, 0) is 24.3 Å². The number of nitrogens with zero attached hydrogens (tertiary/aromatic N) is 2. The first-order chi connectivity index (χ1) is 9.49. The van der Waals surface area contributed by atoms with Crippen LogP contribution in [0.5, 0.6) is 5.75 Å². The number of halogens is 3. The van der Waals surface area contributed by atoms with E-state index in [1.807, 2.05) is 0 Å². The molecule has 0 N–H and O–H groups in total. The van der Waals surface area contributed by atoms with Gasteiger partial charge in [-0.1, -0.05) is 6.07 Å². The first-order valence-electron chi connectivity index (χ1n) is 5.70. The monoisotopic (exact) mass is 280 g/mol. The number of pyridine rings is 1. The maximum Gasteiger partial charge on any atom is 0.433 e. The van der Waals surface area contributed by atoms with Gasteiger partial charge in [-0.3, -0.25) is 9.98 Å². The Hall–Kier alpha value is -2.37. The Morgan fingerprint density at radius 1 is 1.20 bits per heavy atom. The molecule has 6 heteroatoms. The van der Waals surface area contributed by atoms with Gasteiger partial charge in [0, 0.05) is 24.0 Å². The molecule has 0 spiro atoms. The van der Waals surface area contributed by atoms with Crippen LogP contribution in [0, 0.1) is 0 Å². The molecule has 0 fully saturated rings. The molecule has 1 aromatic heterocycles. The summed E-state index contributed by atoms with van der Waals surface area (Å²) < 4.78 is 42.1. The third kappa shape index (κ3) is 3.57. The Labute approximate surface area is 113 Å². The summed E-state index contributed by atoms with van der Waals surface area (Å²) in [7, 11) is 1.54. The van der Waals surface area contributed by atoms with E-state index in [4.69, 9.17) is 4.74 Å². The van der Waals surface area contributed by atoms with Crippen LogP contribution in [0.15, 0.2) is 47.6 Å². The number of aliphatic imine (C=N–C) groups is 1. The highest BCUT2D eigenvalue weighted by molar-refractivity contribution is 5.81. The third-order valence-corrected chi connectivity index (χ3v) is 2.49. The number of hydrogen-bond donors (Lipinski definition) is 0.